The monoisotopic (exact) mass is 267 g/mol. The minimum atomic E-state index is -0.419. The molecule has 1 N–H and O–H groups in total. The van der Waals surface area contributed by atoms with Crippen molar-refractivity contribution in [2.45, 2.75) is 6.42 Å². The maximum atomic E-state index is 10.5. The van der Waals surface area contributed by atoms with E-state index in [0.717, 1.165) is 17.7 Å². The van der Waals surface area contributed by atoms with Gasteiger partial charge in [0.15, 0.2) is 0 Å². The van der Waals surface area contributed by atoms with E-state index in [0.29, 0.717) is 12.1 Å². The van der Waals surface area contributed by atoms with Gasteiger partial charge in [-0.2, -0.15) is 5.26 Å². The molecule has 2 aromatic carbocycles. The first-order chi connectivity index (χ1) is 9.69. The lowest BCUT2D eigenvalue weighted by atomic mass is 10.1. The van der Waals surface area contributed by atoms with E-state index in [-0.39, 0.29) is 5.69 Å². The van der Waals surface area contributed by atoms with Crippen molar-refractivity contribution in [2.24, 2.45) is 0 Å². The Kier molecular flexibility index (Phi) is 4.30. The predicted molar refractivity (Wildman–Crippen MR) is 76.4 cm³/mol. The number of nitro groups is 1. The molecule has 0 fully saturated rings. The second kappa shape index (κ2) is 6.34. The molecule has 2 rings (SSSR count). The molecular formula is C15H13N3O2. The topological polar surface area (TPSA) is 79.0 Å². The minimum Gasteiger partial charge on any atom is -0.385 e. The van der Waals surface area contributed by atoms with Crippen molar-refractivity contribution in [2.75, 3.05) is 11.9 Å². The van der Waals surface area contributed by atoms with Crippen molar-refractivity contribution in [1.82, 2.24) is 0 Å². The maximum Gasteiger partial charge on any atom is 0.269 e. The smallest absolute Gasteiger partial charge is 0.269 e. The summed E-state index contributed by atoms with van der Waals surface area (Å²) in [6.45, 7) is 0.701. The number of hydrogen-bond acceptors (Lipinski definition) is 4. The molecular weight excluding hydrogens is 254 g/mol. The molecule has 0 saturated carbocycles. The van der Waals surface area contributed by atoms with Crippen LogP contribution in [0.5, 0.6) is 0 Å². The van der Waals surface area contributed by atoms with Crippen LogP contribution in [0.15, 0.2) is 48.5 Å². The summed E-state index contributed by atoms with van der Waals surface area (Å²) >= 11 is 0. The van der Waals surface area contributed by atoms with Gasteiger partial charge in [-0.3, -0.25) is 10.1 Å². The zero-order valence-corrected chi connectivity index (χ0v) is 10.7. The Bertz CT molecular complexity index is 645. The zero-order valence-electron chi connectivity index (χ0n) is 10.7. The Hall–Kier alpha value is -2.87. The third-order valence-electron chi connectivity index (χ3n) is 2.88. The highest BCUT2D eigenvalue weighted by Gasteiger charge is 2.03. The van der Waals surface area contributed by atoms with Crippen molar-refractivity contribution in [1.29, 1.82) is 5.26 Å². The molecule has 0 aliphatic rings. The number of hydrogen-bond donors (Lipinski definition) is 1. The van der Waals surface area contributed by atoms with Crippen molar-refractivity contribution < 1.29 is 4.92 Å². The van der Waals surface area contributed by atoms with Crippen molar-refractivity contribution in [3.05, 3.63) is 69.8 Å². The lowest BCUT2D eigenvalue weighted by molar-refractivity contribution is -0.384. The summed E-state index contributed by atoms with van der Waals surface area (Å²) in [6, 6.07) is 15.9. The molecule has 2 aromatic rings. The van der Waals surface area contributed by atoms with Gasteiger partial charge in [-0.1, -0.05) is 12.1 Å². The number of nitrogens with zero attached hydrogens (tertiary/aromatic N) is 2. The van der Waals surface area contributed by atoms with Gasteiger partial charge in [-0.05, 0) is 36.2 Å². The second-order valence-corrected chi connectivity index (χ2v) is 4.29. The van der Waals surface area contributed by atoms with Crippen LogP contribution in [0.3, 0.4) is 0 Å². The number of rotatable bonds is 5. The molecule has 100 valence electrons. The molecule has 0 unspecified atom stereocenters. The van der Waals surface area contributed by atoms with Crippen LogP contribution in [0.2, 0.25) is 0 Å². The van der Waals surface area contributed by atoms with Crippen LogP contribution in [0.1, 0.15) is 11.1 Å². The molecule has 0 spiro atoms. The fourth-order valence-electron chi connectivity index (χ4n) is 1.85. The Labute approximate surface area is 116 Å². The molecule has 0 aliphatic carbocycles. The standard InChI is InChI=1S/C15H13N3O2/c16-11-13-3-1-2-12(10-13)8-9-17-14-4-6-15(7-5-14)18(19)20/h1-7,10,17H,8-9H2. The van der Waals surface area contributed by atoms with Gasteiger partial charge in [-0.15, -0.1) is 0 Å². The summed E-state index contributed by atoms with van der Waals surface area (Å²) in [4.78, 5) is 10.1. The SMILES string of the molecule is N#Cc1cccc(CCNc2ccc([N+](=O)[O-])cc2)c1. The third-order valence-corrected chi connectivity index (χ3v) is 2.88. The molecule has 0 amide bonds. The molecule has 0 bridgehead atoms. The highest BCUT2D eigenvalue weighted by Crippen LogP contribution is 2.15. The quantitative estimate of drug-likeness (QED) is 0.666. The minimum absolute atomic E-state index is 0.0808. The summed E-state index contributed by atoms with van der Waals surface area (Å²) in [5.41, 5.74) is 2.65. The summed E-state index contributed by atoms with van der Waals surface area (Å²) < 4.78 is 0. The summed E-state index contributed by atoms with van der Waals surface area (Å²) in [6.07, 6.45) is 0.784. The molecule has 0 saturated heterocycles. The Morgan fingerprint density at radius 2 is 1.95 bits per heavy atom. The number of nitro benzene ring substituents is 1. The summed E-state index contributed by atoms with van der Waals surface area (Å²) in [7, 11) is 0. The van der Waals surface area contributed by atoms with Crippen molar-refractivity contribution in [3.63, 3.8) is 0 Å². The van der Waals surface area contributed by atoms with E-state index in [1.807, 2.05) is 18.2 Å². The highest BCUT2D eigenvalue weighted by atomic mass is 16.6. The van der Waals surface area contributed by atoms with E-state index < -0.39 is 4.92 Å². The third kappa shape index (κ3) is 3.56. The van der Waals surface area contributed by atoms with Crippen LogP contribution in [0.25, 0.3) is 0 Å². The van der Waals surface area contributed by atoms with E-state index in [4.69, 9.17) is 5.26 Å². The molecule has 5 nitrogen and oxygen atoms in total. The van der Waals surface area contributed by atoms with Crippen LogP contribution in [-0.2, 0) is 6.42 Å². The average Bonchev–Trinajstić information content (AvgIpc) is 2.48. The van der Waals surface area contributed by atoms with Crippen LogP contribution in [-0.4, -0.2) is 11.5 Å². The van der Waals surface area contributed by atoms with Gasteiger partial charge in [0.25, 0.3) is 5.69 Å². The van der Waals surface area contributed by atoms with Crippen LogP contribution in [0, 0.1) is 21.4 Å². The fraction of sp³-hybridized carbons (Fsp3) is 0.133. The number of nitrogens with one attached hydrogen (secondary N) is 1. The first kappa shape index (κ1) is 13.6. The van der Waals surface area contributed by atoms with Crippen LogP contribution in [0.4, 0.5) is 11.4 Å². The highest BCUT2D eigenvalue weighted by molar-refractivity contribution is 5.48. The largest absolute Gasteiger partial charge is 0.385 e. The van der Waals surface area contributed by atoms with Crippen LogP contribution < -0.4 is 5.32 Å². The Morgan fingerprint density at radius 3 is 2.60 bits per heavy atom. The lowest BCUT2D eigenvalue weighted by Gasteiger charge is -2.06. The van der Waals surface area contributed by atoms with Crippen molar-refractivity contribution >= 4 is 11.4 Å². The molecule has 5 heteroatoms. The molecule has 20 heavy (non-hydrogen) atoms. The maximum absolute atomic E-state index is 10.5. The van der Waals surface area contributed by atoms with E-state index in [1.54, 1.807) is 18.2 Å². The Balaban J connectivity index is 1.89. The van der Waals surface area contributed by atoms with E-state index in [1.165, 1.54) is 12.1 Å². The number of non-ortho nitro benzene ring substituents is 1. The molecule has 0 radical (unpaired) electrons. The van der Waals surface area contributed by atoms with E-state index in [2.05, 4.69) is 11.4 Å². The fourth-order valence-corrected chi connectivity index (χ4v) is 1.85. The second-order valence-electron chi connectivity index (χ2n) is 4.29. The van der Waals surface area contributed by atoms with Gasteiger partial charge in [0, 0.05) is 24.4 Å². The van der Waals surface area contributed by atoms with Gasteiger partial charge in [-0.25, -0.2) is 0 Å². The summed E-state index contributed by atoms with van der Waals surface area (Å²) in [5.74, 6) is 0. The zero-order chi connectivity index (χ0) is 14.4. The molecule has 0 aromatic heterocycles. The van der Waals surface area contributed by atoms with Gasteiger partial charge < -0.3 is 5.32 Å². The van der Waals surface area contributed by atoms with E-state index >= 15 is 0 Å². The van der Waals surface area contributed by atoms with Gasteiger partial charge >= 0.3 is 0 Å². The van der Waals surface area contributed by atoms with Gasteiger partial charge in [0.1, 0.15) is 0 Å². The average molecular weight is 267 g/mol. The number of anilines is 1. The Morgan fingerprint density at radius 1 is 1.20 bits per heavy atom. The number of benzene rings is 2. The predicted octanol–water partition coefficient (Wildman–Crippen LogP) is 3.12. The lowest BCUT2D eigenvalue weighted by Crippen LogP contribution is -2.04. The molecule has 0 aliphatic heterocycles. The van der Waals surface area contributed by atoms with Gasteiger partial charge in [0.05, 0.1) is 16.6 Å². The number of nitriles is 1. The molecule has 0 heterocycles. The first-order valence-electron chi connectivity index (χ1n) is 6.16. The molecule has 0 atom stereocenters. The van der Waals surface area contributed by atoms with Crippen molar-refractivity contribution in [3.8, 4) is 6.07 Å². The first-order valence-corrected chi connectivity index (χ1v) is 6.16. The van der Waals surface area contributed by atoms with Gasteiger partial charge in [0.2, 0.25) is 0 Å². The van der Waals surface area contributed by atoms with Crippen LogP contribution >= 0.6 is 0 Å². The normalized spacial score (nSPS) is 9.75. The van der Waals surface area contributed by atoms with E-state index in [9.17, 15) is 10.1 Å². The summed E-state index contributed by atoms with van der Waals surface area (Å²) in [5, 5.41) is 22.5.